The van der Waals surface area contributed by atoms with Gasteiger partial charge in [0.2, 0.25) is 0 Å². The zero-order valence-electron chi connectivity index (χ0n) is 8.44. The fourth-order valence-electron chi connectivity index (χ4n) is 1.21. The molecule has 14 heavy (non-hydrogen) atoms. The van der Waals surface area contributed by atoms with Crippen LogP contribution in [0, 0.1) is 0 Å². The molecule has 0 saturated heterocycles. The van der Waals surface area contributed by atoms with Crippen LogP contribution in [0.5, 0.6) is 0 Å². The van der Waals surface area contributed by atoms with Crippen molar-refractivity contribution in [1.29, 1.82) is 0 Å². The Bertz CT molecular complexity index is 314. The lowest BCUT2D eigenvalue weighted by Gasteiger charge is -2.12. The van der Waals surface area contributed by atoms with E-state index in [0.717, 1.165) is 5.56 Å². The SMILES string of the molecule is C/C=C/[C@H](OC(C)=O)c1ccccc1. The minimum Gasteiger partial charge on any atom is -0.453 e. The van der Waals surface area contributed by atoms with Gasteiger partial charge in [-0.15, -0.1) is 0 Å². The number of esters is 1. The number of ether oxygens (including phenoxy) is 1. The molecule has 0 aliphatic heterocycles. The van der Waals surface area contributed by atoms with Crippen LogP contribution in [0.3, 0.4) is 0 Å². The molecule has 2 nitrogen and oxygen atoms in total. The summed E-state index contributed by atoms with van der Waals surface area (Å²) in [5.74, 6) is -0.267. The first-order valence-electron chi connectivity index (χ1n) is 4.59. The normalized spacial score (nSPS) is 12.7. The third-order valence-electron chi connectivity index (χ3n) is 1.79. The average Bonchev–Trinajstić information content (AvgIpc) is 2.18. The number of hydrogen-bond donors (Lipinski definition) is 0. The summed E-state index contributed by atoms with van der Waals surface area (Å²) in [5, 5.41) is 0. The highest BCUT2D eigenvalue weighted by atomic mass is 16.5. The second kappa shape index (κ2) is 5.22. The van der Waals surface area contributed by atoms with Crippen molar-refractivity contribution in [3.05, 3.63) is 48.0 Å². The highest BCUT2D eigenvalue weighted by molar-refractivity contribution is 5.66. The second-order valence-corrected chi connectivity index (χ2v) is 2.97. The highest BCUT2D eigenvalue weighted by Gasteiger charge is 2.09. The summed E-state index contributed by atoms with van der Waals surface area (Å²) >= 11 is 0. The van der Waals surface area contributed by atoms with Gasteiger partial charge in [0, 0.05) is 6.92 Å². The predicted molar refractivity (Wildman–Crippen MR) is 55.8 cm³/mol. The second-order valence-electron chi connectivity index (χ2n) is 2.97. The van der Waals surface area contributed by atoms with Crippen molar-refractivity contribution in [2.75, 3.05) is 0 Å². The number of rotatable bonds is 3. The Morgan fingerprint density at radius 2 is 2.00 bits per heavy atom. The molecule has 1 aromatic carbocycles. The molecule has 0 fully saturated rings. The smallest absolute Gasteiger partial charge is 0.303 e. The van der Waals surface area contributed by atoms with Gasteiger partial charge in [0.05, 0.1) is 0 Å². The average molecular weight is 190 g/mol. The molecule has 0 aromatic heterocycles. The number of carbonyl (C=O) groups excluding carboxylic acids is 1. The minimum absolute atomic E-state index is 0.265. The van der Waals surface area contributed by atoms with Crippen molar-refractivity contribution in [3.63, 3.8) is 0 Å². The Balaban J connectivity index is 2.83. The third-order valence-corrected chi connectivity index (χ3v) is 1.79. The van der Waals surface area contributed by atoms with Crippen molar-refractivity contribution < 1.29 is 9.53 Å². The van der Waals surface area contributed by atoms with Crippen LogP contribution in [0.15, 0.2) is 42.5 Å². The fourth-order valence-corrected chi connectivity index (χ4v) is 1.21. The molecular weight excluding hydrogens is 176 g/mol. The van der Waals surface area contributed by atoms with Gasteiger partial charge in [0.15, 0.2) is 0 Å². The van der Waals surface area contributed by atoms with Crippen molar-refractivity contribution in [2.45, 2.75) is 20.0 Å². The molecule has 0 bridgehead atoms. The van der Waals surface area contributed by atoms with Gasteiger partial charge in [-0.2, -0.15) is 0 Å². The van der Waals surface area contributed by atoms with Gasteiger partial charge in [-0.3, -0.25) is 4.79 Å². The number of carbonyl (C=O) groups is 1. The summed E-state index contributed by atoms with van der Waals surface area (Å²) in [5.41, 5.74) is 0.987. The van der Waals surface area contributed by atoms with Gasteiger partial charge < -0.3 is 4.74 Å². The van der Waals surface area contributed by atoms with Gasteiger partial charge in [0.1, 0.15) is 6.10 Å². The van der Waals surface area contributed by atoms with Gasteiger partial charge in [0.25, 0.3) is 0 Å². The molecule has 0 saturated carbocycles. The lowest BCUT2D eigenvalue weighted by Crippen LogP contribution is -2.05. The quantitative estimate of drug-likeness (QED) is 0.541. The van der Waals surface area contributed by atoms with Gasteiger partial charge in [-0.05, 0) is 18.6 Å². The van der Waals surface area contributed by atoms with E-state index in [9.17, 15) is 4.79 Å². The van der Waals surface area contributed by atoms with Crippen molar-refractivity contribution in [3.8, 4) is 0 Å². The molecular formula is C12H14O2. The van der Waals surface area contributed by atoms with Crippen molar-refractivity contribution >= 4 is 5.97 Å². The van der Waals surface area contributed by atoms with Gasteiger partial charge >= 0.3 is 5.97 Å². The largest absolute Gasteiger partial charge is 0.453 e. The Morgan fingerprint density at radius 1 is 1.36 bits per heavy atom. The molecule has 0 amide bonds. The van der Waals surface area contributed by atoms with Crippen LogP contribution in [0.2, 0.25) is 0 Å². The molecule has 1 aromatic rings. The minimum atomic E-state index is -0.267. The molecule has 0 unspecified atom stereocenters. The van der Waals surface area contributed by atoms with Crippen LogP contribution in [0.25, 0.3) is 0 Å². The topological polar surface area (TPSA) is 26.3 Å². The van der Waals surface area contributed by atoms with E-state index in [4.69, 9.17) is 4.74 Å². The van der Waals surface area contributed by atoms with Crippen LogP contribution in [-0.2, 0) is 9.53 Å². The van der Waals surface area contributed by atoms with Crippen LogP contribution in [0.4, 0.5) is 0 Å². The molecule has 0 radical (unpaired) electrons. The van der Waals surface area contributed by atoms with E-state index in [-0.39, 0.29) is 12.1 Å². The third kappa shape index (κ3) is 3.05. The van der Waals surface area contributed by atoms with E-state index in [2.05, 4.69) is 0 Å². The fraction of sp³-hybridized carbons (Fsp3) is 0.250. The molecule has 2 heteroatoms. The van der Waals surface area contributed by atoms with Crippen molar-refractivity contribution in [2.24, 2.45) is 0 Å². The van der Waals surface area contributed by atoms with E-state index in [1.54, 1.807) is 0 Å². The summed E-state index contributed by atoms with van der Waals surface area (Å²) in [6, 6.07) is 9.66. The summed E-state index contributed by atoms with van der Waals surface area (Å²) < 4.78 is 5.15. The molecule has 0 spiro atoms. The first kappa shape index (κ1) is 10.5. The first-order chi connectivity index (χ1) is 6.74. The monoisotopic (exact) mass is 190 g/mol. The van der Waals surface area contributed by atoms with E-state index in [1.165, 1.54) is 6.92 Å². The van der Waals surface area contributed by atoms with Crippen LogP contribution < -0.4 is 0 Å². The molecule has 0 N–H and O–H groups in total. The van der Waals surface area contributed by atoms with Gasteiger partial charge in [-0.1, -0.05) is 36.4 Å². The van der Waals surface area contributed by atoms with E-state index < -0.39 is 0 Å². The summed E-state index contributed by atoms with van der Waals surface area (Å²) in [7, 11) is 0. The molecule has 1 rings (SSSR count). The molecule has 1 atom stereocenters. The number of allylic oxidation sites excluding steroid dienone is 1. The van der Waals surface area contributed by atoms with Crippen LogP contribution >= 0.6 is 0 Å². The Kier molecular flexibility index (Phi) is 3.92. The van der Waals surface area contributed by atoms with Crippen molar-refractivity contribution in [1.82, 2.24) is 0 Å². The molecule has 0 aliphatic carbocycles. The number of benzene rings is 1. The standard InChI is InChI=1S/C12H14O2/c1-3-7-12(14-10(2)13)11-8-5-4-6-9-11/h3-9,12H,1-2H3/b7-3+/t12-/m0/s1. The Morgan fingerprint density at radius 3 is 2.50 bits per heavy atom. The van der Waals surface area contributed by atoms with E-state index in [0.29, 0.717) is 0 Å². The lowest BCUT2D eigenvalue weighted by molar-refractivity contribution is -0.144. The highest BCUT2D eigenvalue weighted by Crippen LogP contribution is 2.18. The Hall–Kier alpha value is -1.57. The first-order valence-corrected chi connectivity index (χ1v) is 4.59. The number of hydrogen-bond acceptors (Lipinski definition) is 2. The predicted octanol–water partition coefficient (Wildman–Crippen LogP) is 2.87. The molecule has 0 aliphatic rings. The lowest BCUT2D eigenvalue weighted by atomic mass is 10.1. The maximum absolute atomic E-state index is 10.8. The molecule has 74 valence electrons. The zero-order chi connectivity index (χ0) is 10.4. The zero-order valence-corrected chi connectivity index (χ0v) is 8.44. The maximum Gasteiger partial charge on any atom is 0.303 e. The van der Waals surface area contributed by atoms with Gasteiger partial charge in [-0.25, -0.2) is 0 Å². The molecule has 0 heterocycles. The van der Waals surface area contributed by atoms with E-state index >= 15 is 0 Å². The van der Waals surface area contributed by atoms with E-state index in [1.807, 2.05) is 49.4 Å². The summed E-state index contributed by atoms with van der Waals surface area (Å²) in [4.78, 5) is 10.8. The van der Waals surface area contributed by atoms with Crippen LogP contribution in [0.1, 0.15) is 25.5 Å². The summed E-state index contributed by atoms with van der Waals surface area (Å²) in [6.45, 7) is 3.32. The summed E-state index contributed by atoms with van der Waals surface area (Å²) in [6.07, 6.45) is 3.47. The maximum atomic E-state index is 10.8. The Labute approximate surface area is 84.2 Å². The van der Waals surface area contributed by atoms with Crippen LogP contribution in [-0.4, -0.2) is 5.97 Å².